The van der Waals surface area contributed by atoms with Crippen LogP contribution >= 0.6 is 12.2 Å². The monoisotopic (exact) mass is 296 g/mol. The van der Waals surface area contributed by atoms with E-state index in [0.717, 1.165) is 12.2 Å². The Morgan fingerprint density at radius 2 is 2.00 bits per heavy atom. The lowest BCUT2D eigenvalue weighted by atomic mass is 10.2. The molecule has 1 aromatic carbocycles. The van der Waals surface area contributed by atoms with Gasteiger partial charge in [0.1, 0.15) is 5.75 Å². The number of carbonyl (C=O) groups is 1. The summed E-state index contributed by atoms with van der Waals surface area (Å²) in [5.41, 5.74) is 0.495. The predicted molar refractivity (Wildman–Crippen MR) is 82.0 cm³/mol. The Morgan fingerprint density at radius 3 is 2.50 bits per heavy atom. The number of aliphatic hydroxyl groups is 1. The van der Waals surface area contributed by atoms with Gasteiger partial charge in [0, 0.05) is 5.56 Å². The average molecular weight is 296 g/mol. The Balaban J connectivity index is 2.55. The predicted octanol–water partition coefficient (Wildman–Crippen LogP) is 1.46. The van der Waals surface area contributed by atoms with Crippen LogP contribution in [-0.4, -0.2) is 35.4 Å². The van der Waals surface area contributed by atoms with Crippen molar-refractivity contribution in [2.75, 3.05) is 13.2 Å². The van der Waals surface area contributed by atoms with E-state index in [1.165, 1.54) is 0 Å². The number of amides is 1. The maximum atomic E-state index is 11.9. The second kappa shape index (κ2) is 8.50. The zero-order chi connectivity index (χ0) is 15.0. The summed E-state index contributed by atoms with van der Waals surface area (Å²) < 4.78 is 5.31. The van der Waals surface area contributed by atoms with Gasteiger partial charge >= 0.3 is 0 Å². The summed E-state index contributed by atoms with van der Waals surface area (Å²) in [4.78, 5) is 11.9. The third-order valence-corrected chi connectivity index (χ3v) is 2.92. The first kappa shape index (κ1) is 16.4. The lowest BCUT2D eigenvalue weighted by Crippen LogP contribution is -2.45. The molecule has 0 saturated heterocycles. The average Bonchev–Trinajstić information content (AvgIpc) is 2.45. The number of carbonyl (C=O) groups excluding carboxylic acids is 1. The summed E-state index contributed by atoms with van der Waals surface area (Å²) in [5.74, 6) is 0.425. The summed E-state index contributed by atoms with van der Waals surface area (Å²) in [6.45, 7) is 4.37. The van der Waals surface area contributed by atoms with Crippen LogP contribution in [0.2, 0.25) is 0 Å². The number of ether oxygens (including phenoxy) is 1. The summed E-state index contributed by atoms with van der Waals surface area (Å²) >= 11 is 5.03. The number of nitrogens with one attached hydrogen (secondary N) is 2. The van der Waals surface area contributed by atoms with Gasteiger partial charge in [-0.25, -0.2) is 0 Å². The second-order valence-electron chi connectivity index (χ2n) is 4.17. The van der Waals surface area contributed by atoms with E-state index >= 15 is 0 Å². The molecule has 0 saturated carbocycles. The number of hydrogen-bond acceptors (Lipinski definition) is 4. The maximum absolute atomic E-state index is 11.9. The Labute approximate surface area is 124 Å². The van der Waals surface area contributed by atoms with Crippen LogP contribution in [0.15, 0.2) is 24.3 Å². The third kappa shape index (κ3) is 5.14. The van der Waals surface area contributed by atoms with Crippen LogP contribution in [0, 0.1) is 0 Å². The zero-order valence-electron chi connectivity index (χ0n) is 11.7. The molecule has 1 unspecified atom stereocenters. The molecular formula is C14H20N2O3S. The summed E-state index contributed by atoms with van der Waals surface area (Å²) in [7, 11) is 0. The molecule has 0 aromatic heterocycles. The maximum Gasteiger partial charge on any atom is 0.257 e. The number of hydrogen-bond donors (Lipinski definition) is 3. The van der Waals surface area contributed by atoms with Crippen LogP contribution in [0.5, 0.6) is 5.75 Å². The number of rotatable bonds is 6. The lowest BCUT2D eigenvalue weighted by Gasteiger charge is -2.16. The minimum atomic E-state index is -0.293. The van der Waals surface area contributed by atoms with E-state index in [1.807, 2.05) is 13.8 Å². The van der Waals surface area contributed by atoms with E-state index in [-0.39, 0.29) is 23.7 Å². The Hall–Kier alpha value is -1.66. The largest absolute Gasteiger partial charge is 0.494 e. The van der Waals surface area contributed by atoms with E-state index in [0.29, 0.717) is 12.2 Å². The summed E-state index contributed by atoms with van der Waals surface area (Å²) in [5, 5.41) is 14.7. The molecule has 1 amide bonds. The molecule has 1 atom stereocenters. The van der Waals surface area contributed by atoms with Gasteiger partial charge in [-0.15, -0.1) is 0 Å². The molecule has 0 bridgehead atoms. The Morgan fingerprint density at radius 1 is 1.35 bits per heavy atom. The molecule has 6 heteroatoms. The van der Waals surface area contributed by atoms with Crippen molar-refractivity contribution in [3.63, 3.8) is 0 Å². The number of thiocarbonyl (C=S) groups is 1. The highest BCUT2D eigenvalue weighted by atomic mass is 32.1. The molecule has 0 aliphatic rings. The van der Waals surface area contributed by atoms with Gasteiger partial charge < -0.3 is 15.2 Å². The summed E-state index contributed by atoms with van der Waals surface area (Å²) in [6, 6.07) is 6.66. The van der Waals surface area contributed by atoms with Gasteiger partial charge in [-0.05, 0) is 49.8 Å². The first-order valence-electron chi connectivity index (χ1n) is 6.56. The lowest BCUT2D eigenvalue weighted by molar-refractivity contribution is 0.0976. The van der Waals surface area contributed by atoms with Crippen molar-refractivity contribution in [2.24, 2.45) is 0 Å². The van der Waals surface area contributed by atoms with Crippen molar-refractivity contribution >= 4 is 23.2 Å². The van der Waals surface area contributed by atoms with Crippen LogP contribution in [0.4, 0.5) is 0 Å². The van der Waals surface area contributed by atoms with Crippen LogP contribution in [0.1, 0.15) is 30.6 Å². The van der Waals surface area contributed by atoms with E-state index in [4.69, 9.17) is 22.1 Å². The molecule has 0 radical (unpaired) electrons. The molecule has 20 heavy (non-hydrogen) atoms. The first-order chi connectivity index (χ1) is 9.60. The highest BCUT2D eigenvalue weighted by molar-refractivity contribution is 7.80. The van der Waals surface area contributed by atoms with Gasteiger partial charge in [-0.3, -0.25) is 10.1 Å². The van der Waals surface area contributed by atoms with Crippen molar-refractivity contribution in [1.82, 2.24) is 10.6 Å². The zero-order valence-corrected chi connectivity index (χ0v) is 12.5. The van der Waals surface area contributed by atoms with Crippen LogP contribution in [-0.2, 0) is 0 Å². The van der Waals surface area contributed by atoms with Gasteiger partial charge in [0.25, 0.3) is 5.91 Å². The van der Waals surface area contributed by atoms with E-state index < -0.39 is 0 Å². The van der Waals surface area contributed by atoms with E-state index in [9.17, 15) is 4.79 Å². The fourth-order valence-corrected chi connectivity index (χ4v) is 1.80. The molecule has 0 fully saturated rings. The van der Waals surface area contributed by atoms with Crippen molar-refractivity contribution in [3.05, 3.63) is 29.8 Å². The minimum absolute atomic E-state index is 0.0322. The highest BCUT2D eigenvalue weighted by Gasteiger charge is 2.10. The molecule has 3 N–H and O–H groups in total. The first-order valence-corrected chi connectivity index (χ1v) is 6.97. The van der Waals surface area contributed by atoms with Gasteiger partial charge in [0.15, 0.2) is 5.11 Å². The number of aliphatic hydroxyl groups excluding tert-OH is 1. The van der Waals surface area contributed by atoms with Crippen LogP contribution < -0.4 is 15.4 Å². The topological polar surface area (TPSA) is 70.6 Å². The normalized spacial score (nSPS) is 11.6. The van der Waals surface area contributed by atoms with Crippen molar-refractivity contribution in [1.29, 1.82) is 0 Å². The van der Waals surface area contributed by atoms with Gasteiger partial charge in [-0.2, -0.15) is 0 Å². The Kier molecular flexibility index (Phi) is 6.97. The van der Waals surface area contributed by atoms with Crippen molar-refractivity contribution in [2.45, 2.75) is 26.3 Å². The fourth-order valence-electron chi connectivity index (χ4n) is 1.54. The molecule has 0 heterocycles. The molecule has 5 nitrogen and oxygen atoms in total. The van der Waals surface area contributed by atoms with Crippen molar-refractivity contribution < 1.29 is 14.6 Å². The quantitative estimate of drug-likeness (QED) is 0.693. The molecule has 0 aliphatic heterocycles. The van der Waals surface area contributed by atoms with E-state index in [1.54, 1.807) is 24.3 Å². The molecule has 0 spiro atoms. The fraction of sp³-hybridized carbons (Fsp3) is 0.429. The SMILES string of the molecule is CCOc1ccc(C(=O)NC(=S)NC(CC)CO)cc1. The standard InChI is InChI=1S/C14H20N2O3S/c1-3-11(9-17)15-14(20)16-13(18)10-5-7-12(8-6-10)19-4-2/h5-8,11,17H,3-4,9H2,1-2H3,(H2,15,16,18,20). The highest BCUT2D eigenvalue weighted by Crippen LogP contribution is 2.11. The summed E-state index contributed by atoms with van der Waals surface area (Å²) in [6.07, 6.45) is 0.718. The second-order valence-corrected chi connectivity index (χ2v) is 4.58. The van der Waals surface area contributed by atoms with Crippen LogP contribution in [0.3, 0.4) is 0 Å². The van der Waals surface area contributed by atoms with Gasteiger partial charge in [0.05, 0.1) is 19.3 Å². The smallest absolute Gasteiger partial charge is 0.257 e. The van der Waals surface area contributed by atoms with Crippen molar-refractivity contribution in [3.8, 4) is 5.75 Å². The number of benzene rings is 1. The Bertz CT molecular complexity index is 444. The molecule has 0 aliphatic carbocycles. The van der Waals surface area contributed by atoms with Gasteiger partial charge in [0.2, 0.25) is 0 Å². The minimum Gasteiger partial charge on any atom is -0.494 e. The van der Waals surface area contributed by atoms with Crippen LogP contribution in [0.25, 0.3) is 0 Å². The van der Waals surface area contributed by atoms with E-state index in [2.05, 4.69) is 10.6 Å². The molecule has 1 aromatic rings. The molecular weight excluding hydrogens is 276 g/mol. The molecule has 110 valence electrons. The molecule has 1 rings (SSSR count). The van der Waals surface area contributed by atoms with Gasteiger partial charge in [-0.1, -0.05) is 6.92 Å². The third-order valence-electron chi connectivity index (χ3n) is 2.70.